The fourth-order valence-electron chi connectivity index (χ4n) is 3.72. The summed E-state index contributed by atoms with van der Waals surface area (Å²) in [6, 6.07) is 0. The van der Waals surface area contributed by atoms with Crippen LogP contribution in [0.4, 0.5) is 0 Å². The average molecular weight is 369 g/mol. The zero-order chi connectivity index (χ0) is 19.4. The Morgan fingerprint density at radius 1 is 1.15 bits per heavy atom. The van der Waals surface area contributed by atoms with Crippen LogP contribution in [0.3, 0.4) is 0 Å². The first kappa shape index (κ1) is 22.8. The Bertz CT molecular complexity index is 446. The van der Waals surface area contributed by atoms with Gasteiger partial charge in [-0.15, -0.1) is 0 Å². The molecule has 0 aliphatic heterocycles. The molecule has 4 atom stereocenters. The minimum atomic E-state index is -0.748. The number of ketones is 1. The van der Waals surface area contributed by atoms with Gasteiger partial charge in [-0.1, -0.05) is 64.0 Å². The Labute approximate surface area is 157 Å². The van der Waals surface area contributed by atoms with E-state index in [1.165, 1.54) is 0 Å². The number of carboxylic acids is 1. The van der Waals surface area contributed by atoms with Crippen molar-refractivity contribution in [3.8, 4) is 0 Å². The van der Waals surface area contributed by atoms with E-state index >= 15 is 0 Å². The van der Waals surface area contributed by atoms with E-state index < -0.39 is 18.2 Å². The predicted octanol–water partition coefficient (Wildman–Crippen LogP) is 3.87. The number of unbranched alkanes of at least 4 members (excludes halogenated alkanes) is 6. The van der Waals surface area contributed by atoms with Crippen LogP contribution in [-0.4, -0.2) is 39.3 Å². The second-order valence-electron chi connectivity index (χ2n) is 7.57. The number of aliphatic carboxylic acids is 1. The Kier molecular flexibility index (Phi) is 11.5. The molecule has 1 fully saturated rings. The molecule has 0 saturated heterocycles. The van der Waals surface area contributed by atoms with Gasteiger partial charge in [0, 0.05) is 24.7 Å². The molecule has 26 heavy (non-hydrogen) atoms. The number of aliphatic hydroxyl groups excluding tert-OH is 2. The van der Waals surface area contributed by atoms with Crippen LogP contribution in [0.2, 0.25) is 0 Å². The predicted molar refractivity (Wildman–Crippen MR) is 102 cm³/mol. The molecule has 0 heterocycles. The van der Waals surface area contributed by atoms with Gasteiger partial charge >= 0.3 is 5.97 Å². The minimum absolute atomic E-state index is 0.124. The number of carbonyl (C=O) groups excluding carboxylic acids is 1. The Morgan fingerprint density at radius 3 is 2.54 bits per heavy atom. The molecule has 1 saturated carbocycles. The van der Waals surface area contributed by atoms with Crippen LogP contribution in [-0.2, 0) is 9.59 Å². The maximum atomic E-state index is 12.2. The van der Waals surface area contributed by atoms with Crippen LogP contribution in [0.5, 0.6) is 0 Å². The number of hydrogen-bond acceptors (Lipinski definition) is 4. The summed E-state index contributed by atoms with van der Waals surface area (Å²) in [6.07, 6.45) is 12.1. The van der Waals surface area contributed by atoms with Gasteiger partial charge in [-0.2, -0.15) is 0 Å². The summed E-state index contributed by atoms with van der Waals surface area (Å²) in [4.78, 5) is 22.6. The quantitative estimate of drug-likeness (QED) is 0.320. The lowest BCUT2D eigenvalue weighted by Gasteiger charge is -2.18. The number of hydrogen-bond donors (Lipinski definition) is 3. The summed E-state index contributed by atoms with van der Waals surface area (Å²) in [5.74, 6) is -0.959. The fourth-order valence-corrected chi connectivity index (χ4v) is 3.72. The second kappa shape index (κ2) is 13.0. The van der Waals surface area contributed by atoms with E-state index in [1.54, 1.807) is 6.08 Å². The number of carbonyl (C=O) groups is 2. The van der Waals surface area contributed by atoms with Crippen LogP contribution in [0, 0.1) is 11.8 Å². The molecule has 1 aliphatic carbocycles. The lowest BCUT2D eigenvalue weighted by atomic mass is 9.88. The zero-order valence-corrected chi connectivity index (χ0v) is 16.1. The molecule has 0 bridgehead atoms. The third-order valence-electron chi connectivity index (χ3n) is 5.30. The summed E-state index contributed by atoms with van der Waals surface area (Å²) in [6.45, 7) is 2.12. The summed E-state index contributed by atoms with van der Waals surface area (Å²) < 4.78 is 0. The van der Waals surface area contributed by atoms with Gasteiger partial charge in [0.25, 0.3) is 0 Å². The average Bonchev–Trinajstić information content (AvgIpc) is 2.85. The highest BCUT2D eigenvalue weighted by Crippen LogP contribution is 2.34. The Morgan fingerprint density at radius 2 is 1.85 bits per heavy atom. The number of carboxylic acid groups (broad SMARTS) is 1. The molecule has 1 aliphatic rings. The van der Waals surface area contributed by atoms with Crippen molar-refractivity contribution in [3.05, 3.63) is 12.2 Å². The molecule has 150 valence electrons. The lowest BCUT2D eigenvalue weighted by molar-refractivity contribution is -0.137. The van der Waals surface area contributed by atoms with Gasteiger partial charge in [-0.25, -0.2) is 0 Å². The van der Waals surface area contributed by atoms with Crippen LogP contribution in [0.15, 0.2) is 12.2 Å². The molecule has 1 rings (SSSR count). The molecule has 0 spiro atoms. The summed E-state index contributed by atoms with van der Waals surface area (Å²) >= 11 is 0. The largest absolute Gasteiger partial charge is 0.481 e. The number of Topliss-reactive ketones (excluding diaryl/α,β-unsaturated/α-hetero) is 1. The van der Waals surface area contributed by atoms with Gasteiger partial charge < -0.3 is 15.3 Å². The highest BCUT2D eigenvalue weighted by molar-refractivity contribution is 5.84. The van der Waals surface area contributed by atoms with E-state index in [1.807, 2.05) is 6.08 Å². The first-order valence-electron chi connectivity index (χ1n) is 10.2. The standard InChI is InChI=1S/C21H36O5/c1-2-3-7-10-16(22)13-14-18-17(19(23)15-20(18)24)11-8-5-4-6-9-12-21(25)26/h13-14,16-18,20,22,24H,2-12,15H2,1H3,(H,25,26)/b14-13+/t16?,17-,18-,20-/m1/s1. The molecule has 0 aromatic carbocycles. The topological polar surface area (TPSA) is 94.8 Å². The molecular formula is C21H36O5. The van der Waals surface area contributed by atoms with Gasteiger partial charge in [-0.3, -0.25) is 9.59 Å². The second-order valence-corrected chi connectivity index (χ2v) is 7.57. The fraction of sp³-hybridized carbons (Fsp3) is 0.810. The normalized spacial score (nSPS) is 24.4. The van der Waals surface area contributed by atoms with E-state index in [9.17, 15) is 19.8 Å². The molecule has 0 radical (unpaired) electrons. The van der Waals surface area contributed by atoms with Gasteiger partial charge in [0.2, 0.25) is 0 Å². The lowest BCUT2D eigenvalue weighted by Crippen LogP contribution is -2.19. The van der Waals surface area contributed by atoms with E-state index in [2.05, 4.69) is 6.92 Å². The van der Waals surface area contributed by atoms with Crippen molar-refractivity contribution in [1.29, 1.82) is 0 Å². The molecule has 0 aromatic heterocycles. The summed E-state index contributed by atoms with van der Waals surface area (Å²) in [7, 11) is 0. The molecular weight excluding hydrogens is 332 g/mol. The summed E-state index contributed by atoms with van der Waals surface area (Å²) in [5.41, 5.74) is 0. The molecule has 5 heteroatoms. The van der Waals surface area contributed by atoms with Crippen molar-refractivity contribution < 1.29 is 24.9 Å². The SMILES string of the molecule is CCCCCC(O)/C=C/[C@H]1[C@H](O)CC(=O)[C@@H]1CCCCCCCC(=O)O. The van der Waals surface area contributed by atoms with E-state index in [-0.39, 0.29) is 30.5 Å². The zero-order valence-electron chi connectivity index (χ0n) is 16.1. The molecule has 0 aromatic rings. The molecule has 1 unspecified atom stereocenters. The smallest absolute Gasteiger partial charge is 0.303 e. The van der Waals surface area contributed by atoms with E-state index in [0.29, 0.717) is 6.42 Å². The number of aliphatic hydroxyl groups is 2. The van der Waals surface area contributed by atoms with Crippen LogP contribution >= 0.6 is 0 Å². The third-order valence-corrected chi connectivity index (χ3v) is 5.30. The van der Waals surface area contributed by atoms with E-state index in [0.717, 1.165) is 57.8 Å². The highest BCUT2D eigenvalue weighted by atomic mass is 16.4. The van der Waals surface area contributed by atoms with Crippen molar-refractivity contribution >= 4 is 11.8 Å². The van der Waals surface area contributed by atoms with Gasteiger partial charge in [0.1, 0.15) is 5.78 Å². The van der Waals surface area contributed by atoms with Crippen molar-refractivity contribution in [3.63, 3.8) is 0 Å². The first-order valence-corrected chi connectivity index (χ1v) is 10.2. The molecule has 3 N–H and O–H groups in total. The Balaban J connectivity index is 2.34. The minimum Gasteiger partial charge on any atom is -0.481 e. The van der Waals surface area contributed by atoms with Crippen LogP contribution < -0.4 is 0 Å². The maximum absolute atomic E-state index is 12.2. The number of rotatable bonds is 14. The van der Waals surface area contributed by atoms with Crippen LogP contribution in [0.1, 0.15) is 84.0 Å². The first-order chi connectivity index (χ1) is 12.5. The van der Waals surface area contributed by atoms with Crippen molar-refractivity contribution in [2.75, 3.05) is 0 Å². The van der Waals surface area contributed by atoms with Gasteiger partial charge in [0.15, 0.2) is 0 Å². The van der Waals surface area contributed by atoms with Crippen molar-refractivity contribution in [2.45, 2.75) is 96.2 Å². The summed E-state index contributed by atoms with van der Waals surface area (Å²) in [5, 5.41) is 28.8. The van der Waals surface area contributed by atoms with Crippen molar-refractivity contribution in [1.82, 2.24) is 0 Å². The monoisotopic (exact) mass is 368 g/mol. The maximum Gasteiger partial charge on any atom is 0.303 e. The van der Waals surface area contributed by atoms with Crippen LogP contribution in [0.25, 0.3) is 0 Å². The third kappa shape index (κ3) is 8.95. The molecule has 5 nitrogen and oxygen atoms in total. The molecule has 0 amide bonds. The van der Waals surface area contributed by atoms with Crippen molar-refractivity contribution in [2.24, 2.45) is 11.8 Å². The van der Waals surface area contributed by atoms with Gasteiger partial charge in [0.05, 0.1) is 12.2 Å². The van der Waals surface area contributed by atoms with E-state index in [4.69, 9.17) is 5.11 Å². The van der Waals surface area contributed by atoms with Gasteiger partial charge in [-0.05, 0) is 19.3 Å². The highest BCUT2D eigenvalue weighted by Gasteiger charge is 2.39. The Hall–Kier alpha value is -1.20.